The summed E-state index contributed by atoms with van der Waals surface area (Å²) in [5.41, 5.74) is 0.867. The molecule has 0 spiro atoms. The average molecular weight is 285 g/mol. The van der Waals surface area contributed by atoms with E-state index in [2.05, 4.69) is 21.2 Å². The summed E-state index contributed by atoms with van der Waals surface area (Å²) < 4.78 is 6.04. The van der Waals surface area contributed by atoms with Gasteiger partial charge in [0.05, 0.1) is 6.04 Å². The fraction of sp³-hybridized carbons (Fsp3) is 0.364. The number of cyclic esters (lactones) is 1. The number of carbonyl (C=O) groups excluding carboxylic acids is 1. The first-order valence-corrected chi connectivity index (χ1v) is 5.88. The van der Waals surface area contributed by atoms with Crippen LogP contribution < -0.4 is 10.2 Å². The highest BCUT2D eigenvalue weighted by molar-refractivity contribution is 9.10. The molecule has 2 rings (SSSR count). The van der Waals surface area contributed by atoms with Gasteiger partial charge in [-0.05, 0) is 31.3 Å². The van der Waals surface area contributed by atoms with E-state index in [1.54, 1.807) is 4.90 Å². The van der Waals surface area contributed by atoms with E-state index in [-0.39, 0.29) is 12.1 Å². The minimum Gasteiger partial charge on any atom is -0.447 e. The number of rotatable bonds is 3. The maximum absolute atomic E-state index is 11.6. The monoisotopic (exact) mass is 284 g/mol. The predicted octanol–water partition coefficient (Wildman–Crippen LogP) is 1.99. The first-order valence-electron chi connectivity index (χ1n) is 5.08. The van der Waals surface area contributed by atoms with Gasteiger partial charge < -0.3 is 10.1 Å². The van der Waals surface area contributed by atoms with Gasteiger partial charge in [0.15, 0.2) is 0 Å². The highest BCUT2D eigenvalue weighted by atomic mass is 79.9. The van der Waals surface area contributed by atoms with E-state index in [1.165, 1.54) is 0 Å². The predicted molar refractivity (Wildman–Crippen MR) is 65.7 cm³/mol. The van der Waals surface area contributed by atoms with Gasteiger partial charge in [0.25, 0.3) is 0 Å². The number of likely N-dealkylation sites (N-methyl/N-ethyl adjacent to an activating group) is 1. The number of benzene rings is 1. The topological polar surface area (TPSA) is 41.6 Å². The summed E-state index contributed by atoms with van der Waals surface area (Å²) in [6.45, 7) is 1.16. The molecule has 1 aliphatic rings. The lowest BCUT2D eigenvalue weighted by Gasteiger charge is -2.21. The first kappa shape index (κ1) is 11.4. The van der Waals surface area contributed by atoms with Crippen LogP contribution in [0.5, 0.6) is 0 Å². The summed E-state index contributed by atoms with van der Waals surface area (Å²) in [6, 6.07) is 7.70. The molecule has 16 heavy (non-hydrogen) atoms. The third-order valence-corrected chi connectivity index (χ3v) is 3.03. The van der Waals surface area contributed by atoms with Crippen molar-refractivity contribution in [3.8, 4) is 0 Å². The minimum atomic E-state index is -0.275. The van der Waals surface area contributed by atoms with Gasteiger partial charge in [-0.15, -0.1) is 0 Å². The first-order chi connectivity index (χ1) is 7.72. The van der Waals surface area contributed by atoms with Crippen LogP contribution in [0.4, 0.5) is 10.5 Å². The number of halogens is 1. The molecule has 1 aliphatic heterocycles. The molecule has 0 bridgehead atoms. The highest BCUT2D eigenvalue weighted by Gasteiger charge is 2.33. The lowest BCUT2D eigenvalue weighted by Crippen LogP contribution is -2.40. The number of nitrogens with zero attached hydrogens (tertiary/aromatic N) is 1. The van der Waals surface area contributed by atoms with Crippen molar-refractivity contribution in [2.75, 3.05) is 25.1 Å². The Morgan fingerprint density at radius 2 is 2.19 bits per heavy atom. The molecule has 4 nitrogen and oxygen atoms in total. The van der Waals surface area contributed by atoms with E-state index in [0.29, 0.717) is 6.61 Å². The van der Waals surface area contributed by atoms with E-state index >= 15 is 0 Å². The summed E-state index contributed by atoms with van der Waals surface area (Å²) in [6.07, 6.45) is -0.275. The summed E-state index contributed by atoms with van der Waals surface area (Å²) in [5, 5.41) is 3.06. The van der Waals surface area contributed by atoms with Crippen molar-refractivity contribution in [2.24, 2.45) is 0 Å². The summed E-state index contributed by atoms with van der Waals surface area (Å²) in [5.74, 6) is 0. The second kappa shape index (κ2) is 4.84. The van der Waals surface area contributed by atoms with E-state index in [9.17, 15) is 4.79 Å². The van der Waals surface area contributed by atoms with Crippen LogP contribution in [0.1, 0.15) is 0 Å². The number of amides is 1. The molecule has 86 valence electrons. The Hall–Kier alpha value is -1.07. The second-order valence-electron chi connectivity index (χ2n) is 3.63. The third-order valence-electron chi connectivity index (χ3n) is 2.51. The Labute approximate surface area is 103 Å². The molecule has 1 amide bonds. The number of carbonyl (C=O) groups is 1. The van der Waals surface area contributed by atoms with Crippen molar-refractivity contribution in [3.05, 3.63) is 28.7 Å². The fourth-order valence-electron chi connectivity index (χ4n) is 1.76. The molecule has 1 N–H and O–H groups in total. The van der Waals surface area contributed by atoms with E-state index in [4.69, 9.17) is 4.74 Å². The molecule has 1 heterocycles. The van der Waals surface area contributed by atoms with Crippen molar-refractivity contribution >= 4 is 27.7 Å². The van der Waals surface area contributed by atoms with Gasteiger partial charge >= 0.3 is 6.09 Å². The van der Waals surface area contributed by atoms with E-state index in [0.717, 1.165) is 16.7 Å². The van der Waals surface area contributed by atoms with Gasteiger partial charge in [0.2, 0.25) is 0 Å². The van der Waals surface area contributed by atoms with Crippen molar-refractivity contribution < 1.29 is 9.53 Å². The van der Waals surface area contributed by atoms with Crippen LogP contribution in [0, 0.1) is 0 Å². The largest absolute Gasteiger partial charge is 0.447 e. The molecule has 1 unspecified atom stereocenters. The number of nitrogens with one attached hydrogen (secondary N) is 1. The average Bonchev–Trinajstić information content (AvgIpc) is 2.62. The Morgan fingerprint density at radius 1 is 1.50 bits per heavy atom. The van der Waals surface area contributed by atoms with Crippen LogP contribution in [0.2, 0.25) is 0 Å². The molecule has 1 fully saturated rings. The molecule has 1 aromatic rings. The summed E-state index contributed by atoms with van der Waals surface area (Å²) in [4.78, 5) is 13.3. The standard InChI is InChI=1S/C11H13BrN2O2/c1-13-6-10-7-16-11(15)14(10)9-4-2-8(12)3-5-9/h2-5,10,13H,6-7H2,1H3. The van der Waals surface area contributed by atoms with Crippen molar-refractivity contribution in [1.29, 1.82) is 0 Å². The van der Waals surface area contributed by atoms with Crippen LogP contribution in [0.3, 0.4) is 0 Å². The van der Waals surface area contributed by atoms with Crippen molar-refractivity contribution in [3.63, 3.8) is 0 Å². The lowest BCUT2D eigenvalue weighted by molar-refractivity contribution is 0.178. The van der Waals surface area contributed by atoms with Gasteiger partial charge in [-0.3, -0.25) is 4.90 Å². The second-order valence-corrected chi connectivity index (χ2v) is 4.55. The Balaban J connectivity index is 2.22. The summed E-state index contributed by atoms with van der Waals surface area (Å²) >= 11 is 3.37. The van der Waals surface area contributed by atoms with Gasteiger partial charge in [-0.25, -0.2) is 4.79 Å². The molecular weight excluding hydrogens is 272 g/mol. The molecule has 1 aromatic carbocycles. The molecule has 0 aliphatic carbocycles. The van der Waals surface area contributed by atoms with Gasteiger partial charge in [-0.2, -0.15) is 0 Å². The Kier molecular flexibility index (Phi) is 3.46. The van der Waals surface area contributed by atoms with E-state index < -0.39 is 0 Å². The van der Waals surface area contributed by atoms with Crippen LogP contribution >= 0.6 is 15.9 Å². The quantitative estimate of drug-likeness (QED) is 0.923. The number of hydrogen-bond donors (Lipinski definition) is 1. The number of hydrogen-bond acceptors (Lipinski definition) is 3. The lowest BCUT2D eigenvalue weighted by atomic mass is 10.2. The molecule has 1 atom stereocenters. The third kappa shape index (κ3) is 2.20. The molecule has 0 saturated carbocycles. The fourth-order valence-corrected chi connectivity index (χ4v) is 2.03. The van der Waals surface area contributed by atoms with Crippen LogP contribution in [0.25, 0.3) is 0 Å². The Morgan fingerprint density at radius 3 is 2.81 bits per heavy atom. The number of ether oxygens (including phenoxy) is 1. The Bertz CT molecular complexity index is 380. The maximum atomic E-state index is 11.6. The van der Waals surface area contributed by atoms with E-state index in [1.807, 2.05) is 31.3 Å². The molecule has 0 aromatic heterocycles. The number of anilines is 1. The maximum Gasteiger partial charge on any atom is 0.414 e. The minimum absolute atomic E-state index is 0.0682. The SMILES string of the molecule is CNCC1COC(=O)N1c1ccc(Br)cc1. The van der Waals surface area contributed by atoms with Crippen LogP contribution in [-0.2, 0) is 4.74 Å². The van der Waals surface area contributed by atoms with Crippen LogP contribution in [0.15, 0.2) is 28.7 Å². The highest BCUT2D eigenvalue weighted by Crippen LogP contribution is 2.24. The molecule has 1 saturated heterocycles. The van der Waals surface area contributed by atoms with Gasteiger partial charge in [0.1, 0.15) is 6.61 Å². The van der Waals surface area contributed by atoms with Crippen molar-refractivity contribution in [1.82, 2.24) is 5.32 Å². The normalized spacial score (nSPS) is 20.0. The molecule has 5 heteroatoms. The summed E-state index contributed by atoms with van der Waals surface area (Å²) in [7, 11) is 1.86. The van der Waals surface area contributed by atoms with Crippen LogP contribution in [-0.4, -0.2) is 32.3 Å². The van der Waals surface area contributed by atoms with Gasteiger partial charge in [0, 0.05) is 16.7 Å². The molecule has 0 radical (unpaired) electrons. The smallest absolute Gasteiger partial charge is 0.414 e. The zero-order chi connectivity index (χ0) is 11.5. The molecular formula is C11H13BrN2O2. The van der Waals surface area contributed by atoms with Gasteiger partial charge in [-0.1, -0.05) is 15.9 Å². The van der Waals surface area contributed by atoms with Crippen molar-refractivity contribution in [2.45, 2.75) is 6.04 Å². The zero-order valence-electron chi connectivity index (χ0n) is 8.94. The zero-order valence-corrected chi connectivity index (χ0v) is 10.5.